The van der Waals surface area contributed by atoms with E-state index in [4.69, 9.17) is 0 Å². The highest BCUT2D eigenvalue weighted by atomic mass is 32.1. The van der Waals surface area contributed by atoms with E-state index in [0.717, 1.165) is 29.7 Å². The lowest BCUT2D eigenvalue weighted by Crippen LogP contribution is -2.00. The third-order valence-corrected chi connectivity index (χ3v) is 5.82. The molecule has 20 heavy (non-hydrogen) atoms. The van der Waals surface area contributed by atoms with E-state index in [1.54, 1.807) is 11.3 Å². The van der Waals surface area contributed by atoms with Crippen molar-refractivity contribution >= 4 is 17.1 Å². The predicted molar refractivity (Wildman–Crippen MR) is 82.9 cm³/mol. The normalized spacial score (nSPS) is 16.8. The zero-order valence-electron chi connectivity index (χ0n) is 11.6. The Morgan fingerprint density at radius 1 is 0.850 bits per heavy atom. The van der Waals surface area contributed by atoms with Gasteiger partial charge >= 0.3 is 0 Å². The Labute approximate surface area is 123 Å². The van der Waals surface area contributed by atoms with Gasteiger partial charge in [0, 0.05) is 10.4 Å². The van der Waals surface area contributed by atoms with Crippen molar-refractivity contribution in [1.82, 2.24) is 0 Å². The molecule has 102 valence electrons. The number of ketones is 1. The second-order valence-electron chi connectivity index (χ2n) is 5.93. The van der Waals surface area contributed by atoms with Gasteiger partial charge in [-0.1, -0.05) is 12.1 Å². The molecule has 0 spiro atoms. The molecule has 0 saturated carbocycles. The highest BCUT2D eigenvalue weighted by Crippen LogP contribution is 2.31. The van der Waals surface area contributed by atoms with Gasteiger partial charge in [-0.15, -0.1) is 11.3 Å². The molecule has 2 heteroatoms. The van der Waals surface area contributed by atoms with Crippen LogP contribution in [-0.4, -0.2) is 5.78 Å². The maximum absolute atomic E-state index is 12.7. The molecule has 0 saturated heterocycles. The van der Waals surface area contributed by atoms with Crippen LogP contribution in [0.1, 0.15) is 56.1 Å². The number of rotatable bonds is 2. The van der Waals surface area contributed by atoms with Gasteiger partial charge in [0.05, 0.1) is 4.88 Å². The van der Waals surface area contributed by atoms with Crippen LogP contribution in [0.5, 0.6) is 0 Å². The van der Waals surface area contributed by atoms with Gasteiger partial charge in [0.1, 0.15) is 0 Å². The summed E-state index contributed by atoms with van der Waals surface area (Å²) in [7, 11) is 0. The molecule has 1 aromatic carbocycles. The summed E-state index contributed by atoms with van der Waals surface area (Å²) in [5.74, 6) is 0.221. The second kappa shape index (κ2) is 4.85. The number of carbonyl (C=O) groups is 1. The van der Waals surface area contributed by atoms with E-state index in [1.165, 1.54) is 47.3 Å². The zero-order valence-corrected chi connectivity index (χ0v) is 12.4. The van der Waals surface area contributed by atoms with Crippen molar-refractivity contribution in [2.75, 3.05) is 0 Å². The minimum Gasteiger partial charge on any atom is -0.288 e. The van der Waals surface area contributed by atoms with E-state index < -0.39 is 0 Å². The van der Waals surface area contributed by atoms with E-state index in [1.807, 2.05) is 6.07 Å². The number of carbonyl (C=O) groups excluding carboxylic acids is 1. The maximum atomic E-state index is 12.7. The summed E-state index contributed by atoms with van der Waals surface area (Å²) in [6, 6.07) is 8.45. The molecule has 0 aliphatic heterocycles. The highest BCUT2D eigenvalue weighted by molar-refractivity contribution is 7.14. The van der Waals surface area contributed by atoms with E-state index in [2.05, 4.69) is 18.2 Å². The molecule has 0 bridgehead atoms. The van der Waals surface area contributed by atoms with Crippen LogP contribution in [0.2, 0.25) is 0 Å². The fourth-order valence-electron chi connectivity index (χ4n) is 3.46. The topological polar surface area (TPSA) is 17.1 Å². The summed E-state index contributed by atoms with van der Waals surface area (Å²) < 4.78 is 0. The van der Waals surface area contributed by atoms with Gasteiger partial charge in [-0.2, -0.15) is 0 Å². The average Bonchev–Trinajstić information content (AvgIpc) is 3.11. The van der Waals surface area contributed by atoms with Crippen LogP contribution in [0.25, 0.3) is 0 Å². The van der Waals surface area contributed by atoms with E-state index in [0.29, 0.717) is 0 Å². The fourth-order valence-corrected chi connectivity index (χ4v) is 4.67. The van der Waals surface area contributed by atoms with Crippen LogP contribution >= 0.6 is 11.3 Å². The van der Waals surface area contributed by atoms with Gasteiger partial charge in [-0.25, -0.2) is 0 Å². The first kappa shape index (κ1) is 12.3. The molecule has 2 aliphatic rings. The zero-order chi connectivity index (χ0) is 13.5. The molecule has 0 amide bonds. The predicted octanol–water partition coefficient (Wildman–Crippen LogP) is 4.35. The molecular formula is C18H18OS. The largest absolute Gasteiger partial charge is 0.288 e. The molecule has 0 fully saturated rings. The summed E-state index contributed by atoms with van der Waals surface area (Å²) >= 11 is 1.72. The van der Waals surface area contributed by atoms with Crippen molar-refractivity contribution in [3.63, 3.8) is 0 Å². The number of fused-ring (bicyclic) bond motifs is 2. The number of thiophene rings is 1. The van der Waals surface area contributed by atoms with Crippen LogP contribution in [0, 0.1) is 0 Å². The quantitative estimate of drug-likeness (QED) is 0.749. The summed E-state index contributed by atoms with van der Waals surface area (Å²) in [6.07, 6.45) is 8.42. The standard InChI is InChI=1S/C18H18OS/c19-18(15-9-8-12-5-3-6-13(12)10-15)17-11-14-4-1-2-7-16(14)20-17/h8-11H,1-7H2. The van der Waals surface area contributed by atoms with Crippen LogP contribution < -0.4 is 0 Å². The van der Waals surface area contributed by atoms with Crippen molar-refractivity contribution in [3.8, 4) is 0 Å². The Bertz CT molecular complexity index is 657. The van der Waals surface area contributed by atoms with Crippen LogP contribution in [0.15, 0.2) is 24.3 Å². The van der Waals surface area contributed by atoms with Crippen molar-refractivity contribution in [2.45, 2.75) is 44.9 Å². The Kier molecular flexibility index (Phi) is 2.99. The van der Waals surface area contributed by atoms with Gasteiger partial charge in [0.2, 0.25) is 5.78 Å². The van der Waals surface area contributed by atoms with Crippen LogP contribution in [0.3, 0.4) is 0 Å². The van der Waals surface area contributed by atoms with Crippen molar-refractivity contribution < 1.29 is 4.79 Å². The minimum atomic E-state index is 0.221. The van der Waals surface area contributed by atoms with Crippen molar-refractivity contribution in [3.05, 3.63) is 56.3 Å². The van der Waals surface area contributed by atoms with Gasteiger partial charge in [-0.05, 0) is 73.8 Å². The number of aryl methyl sites for hydroxylation is 4. The highest BCUT2D eigenvalue weighted by Gasteiger charge is 2.20. The molecule has 1 aromatic heterocycles. The van der Waals surface area contributed by atoms with E-state index in [9.17, 15) is 4.79 Å². The third kappa shape index (κ3) is 2.03. The minimum absolute atomic E-state index is 0.221. The van der Waals surface area contributed by atoms with Crippen molar-refractivity contribution in [1.29, 1.82) is 0 Å². The summed E-state index contributed by atoms with van der Waals surface area (Å²) in [5.41, 5.74) is 5.12. The molecule has 2 aliphatic carbocycles. The maximum Gasteiger partial charge on any atom is 0.202 e. The summed E-state index contributed by atoms with van der Waals surface area (Å²) in [6.45, 7) is 0. The molecule has 2 aromatic rings. The molecule has 1 heterocycles. The first-order valence-corrected chi connectivity index (χ1v) is 8.41. The van der Waals surface area contributed by atoms with Gasteiger partial charge < -0.3 is 0 Å². The molecule has 0 N–H and O–H groups in total. The van der Waals surface area contributed by atoms with E-state index >= 15 is 0 Å². The average molecular weight is 282 g/mol. The van der Waals surface area contributed by atoms with Crippen molar-refractivity contribution in [2.24, 2.45) is 0 Å². The first-order chi connectivity index (χ1) is 9.81. The molecular weight excluding hydrogens is 264 g/mol. The van der Waals surface area contributed by atoms with Gasteiger partial charge in [0.15, 0.2) is 0 Å². The fraction of sp³-hybridized carbons (Fsp3) is 0.389. The van der Waals surface area contributed by atoms with E-state index in [-0.39, 0.29) is 5.78 Å². The Morgan fingerprint density at radius 3 is 2.55 bits per heavy atom. The molecule has 0 radical (unpaired) electrons. The molecule has 1 nitrogen and oxygen atoms in total. The lowest BCUT2D eigenvalue weighted by molar-refractivity contribution is 0.104. The Morgan fingerprint density at radius 2 is 1.65 bits per heavy atom. The second-order valence-corrected chi connectivity index (χ2v) is 7.07. The Hall–Kier alpha value is -1.41. The Balaban J connectivity index is 1.68. The summed E-state index contributed by atoms with van der Waals surface area (Å²) in [5, 5.41) is 0. The molecule has 4 rings (SSSR count). The van der Waals surface area contributed by atoms with Crippen LogP contribution in [-0.2, 0) is 25.7 Å². The lowest BCUT2D eigenvalue weighted by Gasteiger charge is -2.08. The number of benzene rings is 1. The van der Waals surface area contributed by atoms with Gasteiger partial charge in [-0.3, -0.25) is 4.79 Å². The first-order valence-electron chi connectivity index (χ1n) is 7.59. The molecule has 0 unspecified atom stereocenters. The monoisotopic (exact) mass is 282 g/mol. The summed E-state index contributed by atoms with van der Waals surface area (Å²) in [4.78, 5) is 15.1. The lowest BCUT2D eigenvalue weighted by atomic mass is 9.98. The van der Waals surface area contributed by atoms with Gasteiger partial charge in [0.25, 0.3) is 0 Å². The van der Waals surface area contributed by atoms with Crippen LogP contribution in [0.4, 0.5) is 0 Å². The third-order valence-electron chi connectivity index (χ3n) is 4.58. The molecule has 0 atom stereocenters. The number of hydrogen-bond acceptors (Lipinski definition) is 2. The SMILES string of the molecule is O=C(c1ccc2c(c1)CCC2)c1cc2c(s1)CCCC2. The smallest absolute Gasteiger partial charge is 0.202 e. The number of hydrogen-bond donors (Lipinski definition) is 0.